The van der Waals surface area contributed by atoms with Gasteiger partial charge in [0.05, 0.1) is 0 Å². The molecule has 0 fully saturated rings. The molecule has 0 radical (unpaired) electrons. The molecule has 20 heavy (non-hydrogen) atoms. The van der Waals surface area contributed by atoms with Gasteiger partial charge in [0.25, 0.3) is 0 Å². The van der Waals surface area contributed by atoms with Crippen molar-refractivity contribution in [3.8, 4) is 0 Å². The Kier molecular flexibility index (Phi) is 3.58. The van der Waals surface area contributed by atoms with Gasteiger partial charge in [-0.15, -0.1) is 0 Å². The number of benzene rings is 2. The molecule has 2 heteroatoms. The molecule has 2 aromatic rings. The van der Waals surface area contributed by atoms with Crippen molar-refractivity contribution in [2.45, 2.75) is 31.6 Å². The highest BCUT2D eigenvalue weighted by Gasteiger charge is 2.26. The first-order chi connectivity index (χ1) is 9.70. The van der Waals surface area contributed by atoms with Crippen LogP contribution < -0.4 is 0 Å². The van der Waals surface area contributed by atoms with Gasteiger partial charge in [-0.05, 0) is 53.1 Å². The zero-order chi connectivity index (χ0) is 14.1. The van der Waals surface area contributed by atoms with Crippen LogP contribution in [0.5, 0.6) is 0 Å². The first kappa shape index (κ1) is 13.3. The third-order valence-electron chi connectivity index (χ3n) is 4.42. The van der Waals surface area contributed by atoms with E-state index in [0.717, 1.165) is 18.4 Å². The van der Waals surface area contributed by atoms with Crippen molar-refractivity contribution >= 4 is 0 Å². The number of hydrogen-bond acceptors (Lipinski definition) is 1. The number of fused-ring (bicyclic) bond motifs is 2. The molecule has 104 valence electrons. The molecule has 3 rings (SSSR count). The number of halogens is 1. The molecule has 0 bridgehead atoms. The molecule has 2 atom stereocenters. The van der Waals surface area contributed by atoms with Crippen molar-refractivity contribution < 1.29 is 9.50 Å². The summed E-state index contributed by atoms with van der Waals surface area (Å²) >= 11 is 0. The molecule has 0 spiro atoms. The van der Waals surface area contributed by atoms with Crippen molar-refractivity contribution in [1.82, 2.24) is 0 Å². The van der Waals surface area contributed by atoms with E-state index in [1.54, 1.807) is 12.1 Å². The summed E-state index contributed by atoms with van der Waals surface area (Å²) < 4.78 is 13.5. The highest BCUT2D eigenvalue weighted by molar-refractivity contribution is 5.46. The summed E-state index contributed by atoms with van der Waals surface area (Å²) in [6.07, 6.45) is 1.52. The maximum Gasteiger partial charge on any atom is 0.123 e. The molecule has 1 aliphatic carbocycles. The van der Waals surface area contributed by atoms with Crippen molar-refractivity contribution in [2.75, 3.05) is 6.61 Å². The third kappa shape index (κ3) is 2.25. The topological polar surface area (TPSA) is 20.2 Å². The van der Waals surface area contributed by atoms with Crippen LogP contribution in [0.1, 0.15) is 47.4 Å². The summed E-state index contributed by atoms with van der Waals surface area (Å²) in [4.78, 5) is 0. The molecule has 1 nitrogen and oxygen atoms in total. The Balaban J connectivity index is 2.16. The van der Waals surface area contributed by atoms with Crippen LogP contribution in [0, 0.1) is 5.82 Å². The predicted octanol–water partition coefficient (Wildman–Crippen LogP) is 4.00. The molecular formula is C18H19FO. The zero-order valence-corrected chi connectivity index (χ0v) is 11.6. The second kappa shape index (κ2) is 5.37. The Morgan fingerprint density at radius 3 is 2.60 bits per heavy atom. The monoisotopic (exact) mass is 270 g/mol. The van der Waals surface area contributed by atoms with Crippen molar-refractivity contribution in [2.24, 2.45) is 0 Å². The lowest BCUT2D eigenvalue weighted by Crippen LogP contribution is -2.06. The van der Waals surface area contributed by atoms with E-state index in [9.17, 15) is 9.50 Å². The van der Waals surface area contributed by atoms with Crippen LogP contribution in [0.3, 0.4) is 0 Å². The molecule has 0 amide bonds. The standard InChI is InChI=1S/C18H19FO/c1-12-16-7-6-15(19)11-14(16)10-13(8-9-20)18-5-3-2-4-17(12)18/h2-7,11-13,20H,8-10H2,1H3. The Bertz CT molecular complexity index is 621. The van der Waals surface area contributed by atoms with Gasteiger partial charge in [0.1, 0.15) is 5.82 Å². The maximum absolute atomic E-state index is 13.5. The molecule has 0 aromatic heterocycles. The lowest BCUT2D eigenvalue weighted by atomic mass is 9.87. The Morgan fingerprint density at radius 1 is 1.10 bits per heavy atom. The fraction of sp³-hybridized carbons (Fsp3) is 0.333. The van der Waals surface area contributed by atoms with E-state index >= 15 is 0 Å². The van der Waals surface area contributed by atoms with Gasteiger partial charge >= 0.3 is 0 Å². The van der Waals surface area contributed by atoms with Gasteiger partial charge in [-0.2, -0.15) is 0 Å². The average Bonchev–Trinajstić information content (AvgIpc) is 2.56. The average molecular weight is 270 g/mol. The minimum absolute atomic E-state index is 0.165. The first-order valence-corrected chi connectivity index (χ1v) is 7.18. The van der Waals surface area contributed by atoms with Crippen LogP contribution in [-0.2, 0) is 6.42 Å². The van der Waals surface area contributed by atoms with Crippen LogP contribution >= 0.6 is 0 Å². The van der Waals surface area contributed by atoms with E-state index in [1.165, 1.54) is 16.7 Å². The van der Waals surface area contributed by atoms with E-state index in [1.807, 2.05) is 12.1 Å². The van der Waals surface area contributed by atoms with E-state index in [4.69, 9.17) is 0 Å². The zero-order valence-electron chi connectivity index (χ0n) is 11.6. The van der Waals surface area contributed by atoms with E-state index in [2.05, 4.69) is 25.1 Å². The molecule has 2 unspecified atom stereocenters. The Morgan fingerprint density at radius 2 is 1.85 bits per heavy atom. The van der Waals surface area contributed by atoms with Gasteiger partial charge in [-0.25, -0.2) is 4.39 Å². The number of aliphatic hydroxyl groups excluding tert-OH is 1. The second-order valence-electron chi connectivity index (χ2n) is 5.61. The summed E-state index contributed by atoms with van der Waals surface area (Å²) in [5.74, 6) is 0.358. The molecule has 0 saturated carbocycles. The minimum Gasteiger partial charge on any atom is -0.396 e. The Hall–Kier alpha value is -1.67. The predicted molar refractivity (Wildman–Crippen MR) is 78.5 cm³/mol. The largest absolute Gasteiger partial charge is 0.396 e. The smallest absolute Gasteiger partial charge is 0.123 e. The van der Waals surface area contributed by atoms with Gasteiger partial charge in [0.15, 0.2) is 0 Å². The summed E-state index contributed by atoms with van der Waals surface area (Å²) in [6, 6.07) is 13.5. The van der Waals surface area contributed by atoms with Crippen molar-refractivity contribution in [1.29, 1.82) is 0 Å². The molecule has 0 aliphatic heterocycles. The lowest BCUT2D eigenvalue weighted by molar-refractivity contribution is 0.275. The van der Waals surface area contributed by atoms with Crippen LogP contribution in [0.4, 0.5) is 4.39 Å². The van der Waals surface area contributed by atoms with Crippen LogP contribution in [0.2, 0.25) is 0 Å². The van der Waals surface area contributed by atoms with Gasteiger partial charge in [0.2, 0.25) is 0 Å². The number of rotatable bonds is 2. The van der Waals surface area contributed by atoms with Crippen molar-refractivity contribution in [3.63, 3.8) is 0 Å². The van der Waals surface area contributed by atoms with Crippen molar-refractivity contribution in [3.05, 3.63) is 70.5 Å². The normalized spacial score (nSPS) is 20.9. The van der Waals surface area contributed by atoms with Gasteiger partial charge < -0.3 is 5.11 Å². The van der Waals surface area contributed by atoms with Gasteiger partial charge in [-0.3, -0.25) is 0 Å². The van der Waals surface area contributed by atoms with Gasteiger partial charge in [0, 0.05) is 12.5 Å². The summed E-state index contributed by atoms with van der Waals surface area (Å²) in [6.45, 7) is 2.34. The molecule has 0 saturated heterocycles. The van der Waals surface area contributed by atoms with Crippen LogP contribution in [-0.4, -0.2) is 11.7 Å². The maximum atomic E-state index is 13.5. The number of hydrogen-bond donors (Lipinski definition) is 1. The highest BCUT2D eigenvalue weighted by Crippen LogP contribution is 2.40. The SMILES string of the molecule is CC1c2ccc(F)cc2CC(CCO)c2ccccc21. The van der Waals surface area contributed by atoms with Crippen LogP contribution in [0.25, 0.3) is 0 Å². The first-order valence-electron chi connectivity index (χ1n) is 7.18. The third-order valence-corrected chi connectivity index (χ3v) is 4.42. The molecule has 2 aromatic carbocycles. The van der Waals surface area contributed by atoms with Gasteiger partial charge in [-0.1, -0.05) is 37.3 Å². The Labute approximate surface area is 119 Å². The molecule has 0 heterocycles. The van der Waals surface area contributed by atoms with Crippen LogP contribution in [0.15, 0.2) is 42.5 Å². The highest BCUT2D eigenvalue weighted by atomic mass is 19.1. The van der Waals surface area contributed by atoms with E-state index in [0.29, 0.717) is 0 Å². The molecular weight excluding hydrogens is 251 g/mol. The fourth-order valence-electron chi connectivity index (χ4n) is 3.41. The fourth-order valence-corrected chi connectivity index (χ4v) is 3.41. The summed E-state index contributed by atoms with van der Waals surface area (Å²) in [5.41, 5.74) is 4.88. The summed E-state index contributed by atoms with van der Waals surface area (Å²) in [5, 5.41) is 9.33. The number of aliphatic hydroxyl groups is 1. The molecule has 1 aliphatic rings. The second-order valence-corrected chi connectivity index (χ2v) is 5.61. The van der Waals surface area contributed by atoms with E-state index in [-0.39, 0.29) is 24.3 Å². The van der Waals surface area contributed by atoms with E-state index < -0.39 is 0 Å². The summed E-state index contributed by atoms with van der Waals surface area (Å²) in [7, 11) is 0. The minimum atomic E-state index is -0.176. The molecule has 1 N–H and O–H groups in total. The quantitative estimate of drug-likeness (QED) is 0.874. The lowest BCUT2D eigenvalue weighted by Gasteiger charge is -2.18.